The molecule has 0 radical (unpaired) electrons. The Morgan fingerprint density at radius 3 is 2.52 bits per heavy atom. The van der Waals surface area contributed by atoms with E-state index in [0.29, 0.717) is 5.02 Å². The molecule has 0 saturated heterocycles. The van der Waals surface area contributed by atoms with Crippen LogP contribution in [0.2, 0.25) is 5.02 Å². The van der Waals surface area contributed by atoms with Gasteiger partial charge in [-0.2, -0.15) is 0 Å². The molecule has 0 amide bonds. The third kappa shape index (κ3) is 3.70. The molecule has 0 saturated carbocycles. The molecule has 1 aromatic heterocycles. The number of nitrogens with one attached hydrogen (secondary N) is 2. The minimum Gasteiger partial charge on any atom is -0.321 e. The van der Waals surface area contributed by atoms with Gasteiger partial charge in [-0.3, -0.25) is 5.84 Å². The molecule has 6 nitrogen and oxygen atoms in total. The van der Waals surface area contributed by atoms with Crippen LogP contribution in [-0.4, -0.2) is 13.4 Å². The van der Waals surface area contributed by atoms with Gasteiger partial charge in [-0.05, 0) is 36.8 Å². The molecule has 2 rings (SSSR count). The Morgan fingerprint density at radius 2 is 1.90 bits per heavy atom. The second-order valence-electron chi connectivity index (χ2n) is 4.39. The monoisotopic (exact) mass is 326 g/mol. The SMILES string of the molecule is CC(NS(=O)(=O)c1ncccc1NN)c1ccc(Cl)cc1. The van der Waals surface area contributed by atoms with Gasteiger partial charge < -0.3 is 5.43 Å². The van der Waals surface area contributed by atoms with Gasteiger partial charge in [-0.15, -0.1) is 0 Å². The van der Waals surface area contributed by atoms with Crippen LogP contribution in [0.25, 0.3) is 0 Å². The lowest BCUT2D eigenvalue weighted by atomic mass is 10.1. The molecule has 0 aliphatic rings. The average Bonchev–Trinajstić information content (AvgIpc) is 2.47. The summed E-state index contributed by atoms with van der Waals surface area (Å²) in [6.45, 7) is 1.74. The Hall–Kier alpha value is -1.67. The van der Waals surface area contributed by atoms with E-state index in [2.05, 4.69) is 15.1 Å². The molecule has 1 aromatic carbocycles. The summed E-state index contributed by atoms with van der Waals surface area (Å²) in [6, 6.07) is 9.63. The third-order valence-corrected chi connectivity index (χ3v) is 4.63. The molecule has 0 aliphatic heterocycles. The number of halogens is 1. The highest BCUT2D eigenvalue weighted by Crippen LogP contribution is 2.21. The maximum Gasteiger partial charge on any atom is 0.260 e. The van der Waals surface area contributed by atoms with Crippen molar-refractivity contribution < 1.29 is 8.42 Å². The minimum atomic E-state index is -3.80. The van der Waals surface area contributed by atoms with Crippen molar-refractivity contribution in [2.45, 2.75) is 18.0 Å². The van der Waals surface area contributed by atoms with Gasteiger partial charge >= 0.3 is 0 Å². The molecular weight excluding hydrogens is 312 g/mol. The molecule has 0 aliphatic carbocycles. The topological polar surface area (TPSA) is 97.1 Å². The van der Waals surface area contributed by atoms with Gasteiger partial charge in [0.1, 0.15) is 0 Å². The molecule has 21 heavy (non-hydrogen) atoms. The number of rotatable bonds is 5. The van der Waals surface area contributed by atoms with Crippen LogP contribution in [-0.2, 0) is 10.0 Å². The van der Waals surface area contributed by atoms with Crippen LogP contribution in [0.3, 0.4) is 0 Å². The van der Waals surface area contributed by atoms with Crippen molar-refractivity contribution in [3.05, 3.63) is 53.2 Å². The number of nitrogens with two attached hydrogens (primary N) is 1. The first-order valence-electron chi connectivity index (χ1n) is 6.13. The van der Waals surface area contributed by atoms with Crippen LogP contribution in [0.15, 0.2) is 47.6 Å². The fraction of sp³-hybridized carbons (Fsp3) is 0.154. The molecule has 8 heteroatoms. The number of nitrogen functional groups attached to an aromatic ring is 1. The van der Waals surface area contributed by atoms with Crippen LogP contribution >= 0.6 is 11.6 Å². The summed E-state index contributed by atoms with van der Waals surface area (Å²) in [7, 11) is -3.80. The molecule has 1 unspecified atom stereocenters. The van der Waals surface area contributed by atoms with Gasteiger partial charge in [-0.25, -0.2) is 18.1 Å². The predicted octanol–water partition coefficient (Wildman–Crippen LogP) is 2.06. The van der Waals surface area contributed by atoms with E-state index in [-0.39, 0.29) is 10.7 Å². The first-order chi connectivity index (χ1) is 9.94. The fourth-order valence-electron chi connectivity index (χ4n) is 1.82. The van der Waals surface area contributed by atoms with Crippen molar-refractivity contribution in [1.82, 2.24) is 9.71 Å². The van der Waals surface area contributed by atoms with Gasteiger partial charge in [0.2, 0.25) is 0 Å². The molecule has 0 spiro atoms. The molecule has 2 aromatic rings. The van der Waals surface area contributed by atoms with Crippen molar-refractivity contribution >= 4 is 27.3 Å². The van der Waals surface area contributed by atoms with E-state index >= 15 is 0 Å². The van der Waals surface area contributed by atoms with E-state index in [9.17, 15) is 8.42 Å². The fourth-order valence-corrected chi connectivity index (χ4v) is 3.28. The van der Waals surface area contributed by atoms with E-state index in [0.717, 1.165) is 5.56 Å². The molecule has 4 N–H and O–H groups in total. The second-order valence-corrected chi connectivity index (χ2v) is 6.46. The van der Waals surface area contributed by atoms with E-state index < -0.39 is 16.1 Å². The van der Waals surface area contributed by atoms with Crippen LogP contribution in [0.1, 0.15) is 18.5 Å². The highest BCUT2D eigenvalue weighted by atomic mass is 35.5. The lowest BCUT2D eigenvalue weighted by Crippen LogP contribution is -2.28. The molecule has 1 heterocycles. The Morgan fingerprint density at radius 1 is 1.24 bits per heavy atom. The Balaban J connectivity index is 2.26. The summed E-state index contributed by atoms with van der Waals surface area (Å²) in [5.74, 6) is 5.31. The van der Waals surface area contributed by atoms with Crippen molar-refractivity contribution in [3.8, 4) is 0 Å². The highest BCUT2D eigenvalue weighted by molar-refractivity contribution is 7.89. The lowest BCUT2D eigenvalue weighted by Gasteiger charge is -2.15. The molecule has 0 bridgehead atoms. The van der Waals surface area contributed by atoms with E-state index in [1.54, 1.807) is 37.3 Å². The Kier molecular flexibility index (Phi) is 4.79. The van der Waals surface area contributed by atoms with Gasteiger partial charge in [0.05, 0.1) is 5.69 Å². The summed E-state index contributed by atoms with van der Waals surface area (Å²) >= 11 is 5.81. The zero-order valence-electron chi connectivity index (χ0n) is 11.2. The predicted molar refractivity (Wildman–Crippen MR) is 82.2 cm³/mol. The average molecular weight is 327 g/mol. The van der Waals surface area contributed by atoms with Gasteiger partial charge in [0.15, 0.2) is 5.03 Å². The van der Waals surface area contributed by atoms with E-state index in [4.69, 9.17) is 17.4 Å². The number of benzene rings is 1. The summed E-state index contributed by atoms with van der Waals surface area (Å²) in [5.41, 5.74) is 3.35. The number of sulfonamides is 1. The lowest BCUT2D eigenvalue weighted by molar-refractivity contribution is 0.563. The number of pyridine rings is 1. The Bertz CT molecular complexity index is 719. The quantitative estimate of drug-likeness (QED) is 0.577. The zero-order valence-corrected chi connectivity index (χ0v) is 12.8. The molecule has 112 valence electrons. The maximum atomic E-state index is 12.4. The van der Waals surface area contributed by atoms with Gasteiger partial charge in [0, 0.05) is 17.3 Å². The molecule has 0 fully saturated rings. The largest absolute Gasteiger partial charge is 0.321 e. The highest BCUT2D eigenvalue weighted by Gasteiger charge is 2.22. The number of nitrogens with zero attached hydrogens (tertiary/aromatic N) is 1. The number of hydrazine groups is 1. The van der Waals surface area contributed by atoms with Crippen molar-refractivity contribution in [1.29, 1.82) is 0 Å². The third-order valence-electron chi connectivity index (χ3n) is 2.88. The van der Waals surface area contributed by atoms with Crippen LogP contribution in [0.4, 0.5) is 5.69 Å². The first kappa shape index (κ1) is 15.7. The summed E-state index contributed by atoms with van der Waals surface area (Å²) in [4.78, 5) is 3.87. The number of aromatic nitrogens is 1. The van der Waals surface area contributed by atoms with Crippen molar-refractivity contribution in [2.75, 3.05) is 5.43 Å². The molecule has 1 atom stereocenters. The number of hydrogen-bond acceptors (Lipinski definition) is 5. The van der Waals surface area contributed by atoms with Gasteiger partial charge in [0.25, 0.3) is 10.0 Å². The molecular formula is C13H15ClN4O2S. The van der Waals surface area contributed by atoms with Crippen LogP contribution in [0.5, 0.6) is 0 Å². The number of anilines is 1. The number of hydrogen-bond donors (Lipinski definition) is 3. The van der Waals surface area contributed by atoms with E-state index in [1.807, 2.05) is 0 Å². The van der Waals surface area contributed by atoms with Crippen LogP contribution in [0, 0.1) is 0 Å². The second kappa shape index (κ2) is 6.40. The van der Waals surface area contributed by atoms with Crippen molar-refractivity contribution in [2.24, 2.45) is 5.84 Å². The van der Waals surface area contributed by atoms with Gasteiger partial charge in [-0.1, -0.05) is 23.7 Å². The minimum absolute atomic E-state index is 0.145. The normalized spacial score (nSPS) is 12.9. The van der Waals surface area contributed by atoms with Crippen LogP contribution < -0.4 is 16.0 Å². The van der Waals surface area contributed by atoms with Crippen molar-refractivity contribution in [3.63, 3.8) is 0 Å². The van der Waals surface area contributed by atoms with E-state index in [1.165, 1.54) is 12.3 Å². The Labute approximate surface area is 128 Å². The summed E-state index contributed by atoms with van der Waals surface area (Å²) in [6.07, 6.45) is 1.39. The summed E-state index contributed by atoms with van der Waals surface area (Å²) in [5, 5.41) is 0.446. The maximum absolute atomic E-state index is 12.4. The summed E-state index contributed by atoms with van der Waals surface area (Å²) < 4.78 is 27.3. The smallest absolute Gasteiger partial charge is 0.260 e. The zero-order chi connectivity index (χ0) is 15.5. The first-order valence-corrected chi connectivity index (χ1v) is 7.99. The standard InChI is InChI=1S/C13H15ClN4O2S/c1-9(10-4-6-11(14)7-5-10)18-21(19,20)13-12(17-15)3-2-8-16-13/h2-9,17-18H,15H2,1H3.